The molecular weight excluding hydrogens is 376 g/mol. The molecule has 2 saturated heterocycles. The molecule has 2 aromatic rings. The lowest BCUT2D eigenvalue weighted by Gasteiger charge is -2.32. The second kappa shape index (κ2) is 9.63. The van der Waals surface area contributed by atoms with Crippen LogP contribution in [0.4, 0.5) is 0 Å². The van der Waals surface area contributed by atoms with Crippen molar-refractivity contribution in [2.75, 3.05) is 39.4 Å². The van der Waals surface area contributed by atoms with Crippen LogP contribution in [0.1, 0.15) is 39.9 Å². The van der Waals surface area contributed by atoms with Gasteiger partial charge in [0.05, 0.1) is 13.2 Å². The molecular formula is C25H32N2O3. The van der Waals surface area contributed by atoms with Crippen LogP contribution < -0.4 is 4.74 Å². The number of likely N-dealkylation sites (tertiary alicyclic amines) is 1. The Hall–Kier alpha value is -2.37. The number of hydrogen-bond acceptors (Lipinski definition) is 4. The van der Waals surface area contributed by atoms with E-state index in [0.29, 0.717) is 0 Å². The highest BCUT2D eigenvalue weighted by molar-refractivity contribution is 5.94. The summed E-state index contributed by atoms with van der Waals surface area (Å²) in [6.07, 6.45) is 1.90. The lowest BCUT2D eigenvalue weighted by atomic mass is 10.0. The molecule has 2 aromatic carbocycles. The van der Waals surface area contributed by atoms with Gasteiger partial charge in [-0.3, -0.25) is 9.69 Å². The summed E-state index contributed by atoms with van der Waals surface area (Å²) in [7, 11) is 0. The van der Waals surface area contributed by atoms with Crippen LogP contribution in [0.2, 0.25) is 0 Å². The van der Waals surface area contributed by atoms with Crippen molar-refractivity contribution < 1.29 is 14.3 Å². The molecule has 2 heterocycles. The first-order chi connectivity index (χ1) is 14.6. The van der Waals surface area contributed by atoms with E-state index in [4.69, 9.17) is 9.47 Å². The zero-order valence-corrected chi connectivity index (χ0v) is 18.1. The number of morpholine rings is 1. The third-order valence-electron chi connectivity index (χ3n) is 6.19. The number of amides is 1. The predicted octanol–water partition coefficient (Wildman–Crippen LogP) is 3.82. The largest absolute Gasteiger partial charge is 0.490 e. The van der Waals surface area contributed by atoms with Gasteiger partial charge in [0.2, 0.25) is 0 Å². The van der Waals surface area contributed by atoms with Crippen molar-refractivity contribution in [1.82, 2.24) is 9.80 Å². The number of rotatable bonds is 5. The number of benzene rings is 2. The summed E-state index contributed by atoms with van der Waals surface area (Å²) < 4.78 is 11.6. The summed E-state index contributed by atoms with van der Waals surface area (Å²) in [5.41, 5.74) is 4.50. The fourth-order valence-electron chi connectivity index (χ4n) is 4.16. The number of aryl methyl sites for hydroxylation is 2. The summed E-state index contributed by atoms with van der Waals surface area (Å²) in [4.78, 5) is 17.4. The molecule has 30 heavy (non-hydrogen) atoms. The van der Waals surface area contributed by atoms with Gasteiger partial charge in [-0.1, -0.05) is 18.2 Å². The zero-order valence-electron chi connectivity index (χ0n) is 18.1. The molecule has 0 spiro atoms. The molecule has 0 saturated carbocycles. The Bertz CT molecular complexity index is 868. The third kappa shape index (κ3) is 5.21. The minimum absolute atomic E-state index is 0.128. The van der Waals surface area contributed by atoms with E-state index >= 15 is 0 Å². The topological polar surface area (TPSA) is 42.0 Å². The first-order valence-corrected chi connectivity index (χ1v) is 11.0. The Kier molecular flexibility index (Phi) is 6.70. The second-order valence-corrected chi connectivity index (χ2v) is 8.44. The molecule has 0 bridgehead atoms. The van der Waals surface area contributed by atoms with Gasteiger partial charge >= 0.3 is 0 Å². The van der Waals surface area contributed by atoms with Crippen molar-refractivity contribution in [3.8, 4) is 5.75 Å². The highest BCUT2D eigenvalue weighted by Crippen LogP contribution is 2.23. The smallest absolute Gasteiger partial charge is 0.253 e. The van der Waals surface area contributed by atoms with Crippen molar-refractivity contribution >= 4 is 5.91 Å². The number of carbonyl (C=O) groups is 1. The molecule has 5 nitrogen and oxygen atoms in total. The van der Waals surface area contributed by atoms with Crippen LogP contribution in [-0.2, 0) is 11.3 Å². The van der Waals surface area contributed by atoms with Crippen LogP contribution in [0.25, 0.3) is 0 Å². The van der Waals surface area contributed by atoms with E-state index in [1.165, 1.54) is 16.7 Å². The van der Waals surface area contributed by atoms with Gasteiger partial charge in [-0.2, -0.15) is 0 Å². The van der Waals surface area contributed by atoms with E-state index in [9.17, 15) is 4.79 Å². The van der Waals surface area contributed by atoms with Gasteiger partial charge in [0.25, 0.3) is 5.91 Å². The molecule has 2 aliphatic rings. The standard InChI is InChI=1S/C25H32N2O3/c1-19-6-7-24(16-20(19)2)30-23-8-10-27(11-9-23)25(28)22-5-3-4-21(17-22)18-26-12-14-29-15-13-26/h3-7,16-17,23H,8-15,18H2,1-2H3. The van der Waals surface area contributed by atoms with E-state index in [0.717, 1.165) is 70.1 Å². The number of hydrogen-bond donors (Lipinski definition) is 0. The summed E-state index contributed by atoms with van der Waals surface area (Å²) in [5, 5.41) is 0. The normalized spacial score (nSPS) is 18.4. The number of nitrogens with zero attached hydrogens (tertiary/aromatic N) is 2. The van der Waals surface area contributed by atoms with Crippen LogP contribution in [-0.4, -0.2) is 61.2 Å². The third-order valence-corrected chi connectivity index (χ3v) is 6.19. The van der Waals surface area contributed by atoms with Gasteiger partial charge in [0.1, 0.15) is 11.9 Å². The van der Waals surface area contributed by atoms with Crippen molar-refractivity contribution in [3.63, 3.8) is 0 Å². The van der Waals surface area contributed by atoms with Crippen molar-refractivity contribution in [2.45, 2.75) is 39.3 Å². The molecule has 0 unspecified atom stereocenters. The average molecular weight is 409 g/mol. The monoisotopic (exact) mass is 408 g/mol. The van der Waals surface area contributed by atoms with Gasteiger partial charge in [-0.25, -0.2) is 0 Å². The van der Waals surface area contributed by atoms with E-state index in [-0.39, 0.29) is 12.0 Å². The molecule has 0 atom stereocenters. The minimum Gasteiger partial charge on any atom is -0.490 e. The van der Waals surface area contributed by atoms with Gasteiger partial charge in [0.15, 0.2) is 0 Å². The van der Waals surface area contributed by atoms with Crippen LogP contribution >= 0.6 is 0 Å². The lowest BCUT2D eigenvalue weighted by Crippen LogP contribution is -2.41. The molecule has 2 fully saturated rings. The summed E-state index contributed by atoms with van der Waals surface area (Å²) in [6, 6.07) is 14.3. The van der Waals surface area contributed by atoms with Gasteiger partial charge in [0, 0.05) is 51.1 Å². The average Bonchev–Trinajstić information content (AvgIpc) is 2.77. The van der Waals surface area contributed by atoms with E-state index in [1.807, 2.05) is 23.1 Å². The Labute approximate surface area is 179 Å². The molecule has 4 rings (SSSR count). The van der Waals surface area contributed by atoms with Gasteiger partial charge in [-0.15, -0.1) is 0 Å². The fraction of sp³-hybridized carbons (Fsp3) is 0.480. The van der Waals surface area contributed by atoms with Gasteiger partial charge in [-0.05, 0) is 54.8 Å². The molecule has 0 aliphatic carbocycles. The summed E-state index contributed by atoms with van der Waals surface area (Å²) in [6.45, 7) is 10.0. The fourth-order valence-corrected chi connectivity index (χ4v) is 4.16. The molecule has 0 N–H and O–H groups in total. The first-order valence-electron chi connectivity index (χ1n) is 11.0. The van der Waals surface area contributed by atoms with Crippen molar-refractivity contribution in [2.24, 2.45) is 0 Å². The van der Waals surface area contributed by atoms with Gasteiger partial charge < -0.3 is 14.4 Å². The lowest BCUT2D eigenvalue weighted by molar-refractivity contribution is 0.0341. The Balaban J connectivity index is 1.31. The number of carbonyl (C=O) groups excluding carboxylic acids is 1. The minimum atomic E-state index is 0.128. The molecule has 0 radical (unpaired) electrons. The molecule has 5 heteroatoms. The van der Waals surface area contributed by atoms with Crippen molar-refractivity contribution in [3.05, 3.63) is 64.7 Å². The number of ether oxygens (including phenoxy) is 2. The highest BCUT2D eigenvalue weighted by Gasteiger charge is 2.25. The Morgan fingerprint density at radius 2 is 1.77 bits per heavy atom. The maximum absolute atomic E-state index is 13.0. The quantitative estimate of drug-likeness (QED) is 0.754. The highest BCUT2D eigenvalue weighted by atomic mass is 16.5. The second-order valence-electron chi connectivity index (χ2n) is 8.44. The Morgan fingerprint density at radius 3 is 2.50 bits per heavy atom. The van der Waals surface area contributed by atoms with Crippen LogP contribution in [0.15, 0.2) is 42.5 Å². The molecule has 2 aliphatic heterocycles. The van der Waals surface area contributed by atoms with E-state index in [1.54, 1.807) is 0 Å². The van der Waals surface area contributed by atoms with Crippen molar-refractivity contribution in [1.29, 1.82) is 0 Å². The Morgan fingerprint density at radius 1 is 1.00 bits per heavy atom. The summed E-state index contributed by atoms with van der Waals surface area (Å²) in [5.74, 6) is 1.06. The first kappa shape index (κ1) is 20.9. The number of piperidine rings is 1. The zero-order chi connectivity index (χ0) is 20.9. The van der Waals surface area contributed by atoms with E-state index < -0.39 is 0 Å². The van der Waals surface area contributed by atoms with E-state index in [2.05, 4.69) is 43.0 Å². The molecule has 1 amide bonds. The van der Waals surface area contributed by atoms with Crippen LogP contribution in [0.3, 0.4) is 0 Å². The van der Waals surface area contributed by atoms with Crippen LogP contribution in [0.5, 0.6) is 5.75 Å². The van der Waals surface area contributed by atoms with Crippen LogP contribution in [0, 0.1) is 13.8 Å². The molecule has 160 valence electrons. The maximum Gasteiger partial charge on any atom is 0.253 e. The SMILES string of the molecule is Cc1ccc(OC2CCN(C(=O)c3cccc(CN4CCOCC4)c3)CC2)cc1C. The molecule has 0 aromatic heterocycles. The predicted molar refractivity (Wildman–Crippen MR) is 118 cm³/mol. The summed E-state index contributed by atoms with van der Waals surface area (Å²) >= 11 is 0. The maximum atomic E-state index is 13.0.